The number of ether oxygens (including phenoxy) is 2. The molecule has 0 amide bonds. The number of aryl methyl sites for hydroxylation is 2. The van der Waals surface area contributed by atoms with E-state index in [9.17, 15) is 0 Å². The second-order valence-electron chi connectivity index (χ2n) is 5.25. The predicted molar refractivity (Wildman–Crippen MR) is 92.6 cm³/mol. The van der Waals surface area contributed by atoms with Gasteiger partial charge in [0.2, 0.25) is 0 Å². The number of hydrogen-bond acceptors (Lipinski definition) is 2. The van der Waals surface area contributed by atoms with E-state index >= 15 is 0 Å². The van der Waals surface area contributed by atoms with Gasteiger partial charge in [0, 0.05) is 21.5 Å². The molecule has 3 aromatic carbocycles. The molecule has 0 N–H and O–H groups in total. The summed E-state index contributed by atoms with van der Waals surface area (Å²) in [6.45, 7) is 11.6. The summed E-state index contributed by atoms with van der Waals surface area (Å²) < 4.78 is 11.5. The van der Waals surface area contributed by atoms with Gasteiger partial charge >= 0.3 is 0 Å². The van der Waals surface area contributed by atoms with E-state index in [1.807, 2.05) is 24.3 Å². The van der Waals surface area contributed by atoms with Crippen LogP contribution in [-0.4, -0.2) is 0 Å². The molecule has 0 saturated heterocycles. The fraction of sp³-hybridized carbons (Fsp3) is 0.100. The number of benzene rings is 3. The first kappa shape index (κ1) is 14.2. The highest BCUT2D eigenvalue weighted by atomic mass is 16.5. The van der Waals surface area contributed by atoms with Crippen molar-refractivity contribution in [1.82, 2.24) is 0 Å². The fourth-order valence-electron chi connectivity index (χ4n) is 2.78. The third-order valence-corrected chi connectivity index (χ3v) is 3.94. The van der Waals surface area contributed by atoms with Gasteiger partial charge in [0.05, 0.1) is 12.5 Å². The maximum Gasteiger partial charge on any atom is 0.142 e. The lowest BCUT2D eigenvalue weighted by Crippen LogP contribution is -1.93. The van der Waals surface area contributed by atoms with Gasteiger partial charge in [-0.3, -0.25) is 0 Å². The van der Waals surface area contributed by atoms with Gasteiger partial charge in [-0.1, -0.05) is 37.4 Å². The molecule has 2 nitrogen and oxygen atoms in total. The zero-order valence-corrected chi connectivity index (χ0v) is 12.8. The van der Waals surface area contributed by atoms with Crippen LogP contribution in [0.3, 0.4) is 0 Å². The van der Waals surface area contributed by atoms with Gasteiger partial charge in [-0.15, -0.1) is 0 Å². The normalized spacial score (nSPS) is 10.6. The molecule has 0 heterocycles. The Morgan fingerprint density at radius 3 is 1.50 bits per heavy atom. The molecule has 0 fully saturated rings. The Balaban J connectivity index is 2.57. The van der Waals surface area contributed by atoms with Crippen LogP contribution in [0.25, 0.3) is 21.5 Å². The SMILES string of the molecule is C=COc1c2ccccc2c(OC=C)c2cc(C)c(C)cc12. The van der Waals surface area contributed by atoms with Gasteiger partial charge in [-0.2, -0.15) is 0 Å². The molecule has 0 aromatic heterocycles. The van der Waals surface area contributed by atoms with Crippen molar-refractivity contribution in [3.05, 3.63) is 73.2 Å². The molecule has 0 spiro atoms. The summed E-state index contributed by atoms with van der Waals surface area (Å²) in [5.41, 5.74) is 2.42. The van der Waals surface area contributed by atoms with E-state index in [1.165, 1.54) is 23.7 Å². The van der Waals surface area contributed by atoms with Gasteiger partial charge < -0.3 is 9.47 Å². The molecule has 110 valence electrons. The molecular formula is C20H18O2. The van der Waals surface area contributed by atoms with Crippen molar-refractivity contribution < 1.29 is 9.47 Å². The summed E-state index contributed by atoms with van der Waals surface area (Å²) in [5, 5.41) is 4.02. The van der Waals surface area contributed by atoms with Crippen LogP contribution in [0.2, 0.25) is 0 Å². The maximum atomic E-state index is 5.74. The molecule has 0 unspecified atom stereocenters. The Bertz CT molecular complexity index is 817. The van der Waals surface area contributed by atoms with Gasteiger partial charge in [0.1, 0.15) is 11.5 Å². The van der Waals surface area contributed by atoms with Gasteiger partial charge in [-0.25, -0.2) is 0 Å². The average molecular weight is 290 g/mol. The van der Waals surface area contributed by atoms with Crippen LogP contribution < -0.4 is 9.47 Å². The quantitative estimate of drug-likeness (QED) is 0.456. The highest BCUT2D eigenvalue weighted by molar-refractivity contribution is 6.11. The zero-order chi connectivity index (χ0) is 15.7. The molecule has 0 bridgehead atoms. The third kappa shape index (κ3) is 2.13. The van der Waals surface area contributed by atoms with Crippen molar-refractivity contribution in [2.24, 2.45) is 0 Å². The van der Waals surface area contributed by atoms with Crippen LogP contribution in [-0.2, 0) is 0 Å². The van der Waals surface area contributed by atoms with E-state index in [-0.39, 0.29) is 0 Å². The lowest BCUT2D eigenvalue weighted by molar-refractivity contribution is 0.486. The monoisotopic (exact) mass is 290 g/mol. The largest absolute Gasteiger partial charge is 0.464 e. The Hall–Kier alpha value is -2.74. The van der Waals surface area contributed by atoms with Crippen molar-refractivity contribution in [2.45, 2.75) is 13.8 Å². The van der Waals surface area contributed by atoms with Crippen LogP contribution in [0, 0.1) is 13.8 Å². The van der Waals surface area contributed by atoms with E-state index in [2.05, 4.69) is 39.1 Å². The fourth-order valence-corrected chi connectivity index (χ4v) is 2.78. The minimum absolute atomic E-state index is 0.806. The van der Waals surface area contributed by atoms with E-state index in [1.54, 1.807) is 0 Å². The molecule has 0 radical (unpaired) electrons. The lowest BCUT2D eigenvalue weighted by Gasteiger charge is -2.16. The number of fused-ring (bicyclic) bond motifs is 2. The number of rotatable bonds is 4. The summed E-state index contributed by atoms with van der Waals surface area (Å²) in [5.74, 6) is 1.61. The van der Waals surface area contributed by atoms with Crippen LogP contribution >= 0.6 is 0 Å². The highest BCUT2D eigenvalue weighted by Crippen LogP contribution is 2.43. The highest BCUT2D eigenvalue weighted by Gasteiger charge is 2.16. The molecular weight excluding hydrogens is 272 g/mol. The van der Waals surface area contributed by atoms with E-state index in [0.29, 0.717) is 0 Å². The summed E-state index contributed by atoms with van der Waals surface area (Å²) in [4.78, 5) is 0. The first-order valence-electron chi connectivity index (χ1n) is 7.18. The van der Waals surface area contributed by atoms with Crippen molar-refractivity contribution in [3.8, 4) is 11.5 Å². The molecule has 0 saturated carbocycles. The van der Waals surface area contributed by atoms with Gasteiger partial charge in [0.25, 0.3) is 0 Å². The molecule has 22 heavy (non-hydrogen) atoms. The lowest BCUT2D eigenvalue weighted by atomic mass is 9.96. The number of hydrogen-bond donors (Lipinski definition) is 0. The summed E-state index contributed by atoms with van der Waals surface area (Å²) in [6.07, 6.45) is 2.93. The third-order valence-electron chi connectivity index (χ3n) is 3.94. The zero-order valence-electron chi connectivity index (χ0n) is 12.8. The van der Waals surface area contributed by atoms with Crippen molar-refractivity contribution >= 4 is 21.5 Å². The van der Waals surface area contributed by atoms with Crippen molar-refractivity contribution in [3.63, 3.8) is 0 Å². The second kappa shape index (κ2) is 5.57. The van der Waals surface area contributed by atoms with Crippen molar-refractivity contribution in [2.75, 3.05) is 0 Å². The molecule has 3 rings (SSSR count). The Labute approximate surface area is 130 Å². The van der Waals surface area contributed by atoms with Crippen LogP contribution in [0.15, 0.2) is 62.1 Å². The topological polar surface area (TPSA) is 18.5 Å². The minimum atomic E-state index is 0.806. The Morgan fingerprint density at radius 1 is 0.727 bits per heavy atom. The average Bonchev–Trinajstić information content (AvgIpc) is 2.52. The molecule has 3 aromatic rings. The Morgan fingerprint density at radius 2 is 1.14 bits per heavy atom. The molecule has 2 heteroatoms. The van der Waals surface area contributed by atoms with Crippen LogP contribution in [0.4, 0.5) is 0 Å². The van der Waals surface area contributed by atoms with Gasteiger partial charge in [0.15, 0.2) is 0 Å². The summed E-state index contributed by atoms with van der Waals surface area (Å²) in [7, 11) is 0. The smallest absolute Gasteiger partial charge is 0.142 e. The second-order valence-corrected chi connectivity index (χ2v) is 5.25. The van der Waals surface area contributed by atoms with E-state index in [4.69, 9.17) is 9.47 Å². The van der Waals surface area contributed by atoms with Crippen LogP contribution in [0.5, 0.6) is 11.5 Å². The first-order valence-corrected chi connectivity index (χ1v) is 7.18. The van der Waals surface area contributed by atoms with E-state index in [0.717, 1.165) is 33.0 Å². The molecule has 0 aliphatic carbocycles. The standard InChI is InChI=1S/C20H18O2/c1-5-21-19-15-9-7-8-10-16(15)20(22-6-2)18-12-14(4)13(3)11-17(18)19/h5-12H,1-2H2,3-4H3. The van der Waals surface area contributed by atoms with Gasteiger partial charge in [-0.05, 0) is 37.1 Å². The molecule has 0 aliphatic heterocycles. The molecule has 0 atom stereocenters. The predicted octanol–water partition coefficient (Wildman–Crippen LogP) is 5.65. The first-order chi connectivity index (χ1) is 10.7. The molecule has 0 aliphatic rings. The van der Waals surface area contributed by atoms with E-state index < -0.39 is 0 Å². The summed E-state index contributed by atoms with van der Waals surface area (Å²) in [6, 6.07) is 12.3. The summed E-state index contributed by atoms with van der Waals surface area (Å²) >= 11 is 0. The minimum Gasteiger partial charge on any atom is -0.464 e. The van der Waals surface area contributed by atoms with Crippen LogP contribution in [0.1, 0.15) is 11.1 Å². The maximum absolute atomic E-state index is 5.74. The van der Waals surface area contributed by atoms with Crippen molar-refractivity contribution in [1.29, 1.82) is 0 Å². The Kier molecular flexibility index (Phi) is 3.60.